The van der Waals surface area contributed by atoms with Crippen molar-refractivity contribution in [1.82, 2.24) is 0 Å². The zero-order chi connectivity index (χ0) is 24.9. The number of carbonyl (C=O) groups excluding carboxylic acids is 2. The molecule has 0 aromatic heterocycles. The van der Waals surface area contributed by atoms with Gasteiger partial charge in [0, 0.05) is 6.07 Å². The van der Waals surface area contributed by atoms with Gasteiger partial charge in [-0.05, 0) is 36.4 Å². The second-order valence-electron chi connectivity index (χ2n) is 8.03. The minimum absolute atomic E-state index is 0.140. The van der Waals surface area contributed by atoms with Gasteiger partial charge >= 0.3 is 6.18 Å². The van der Waals surface area contributed by atoms with E-state index in [2.05, 4.69) is 0 Å². The molecule has 0 saturated carbocycles. The fourth-order valence-electron chi connectivity index (χ4n) is 4.51. The monoisotopic (exact) mass is 483 g/mol. The quantitative estimate of drug-likeness (QED) is 0.304. The zero-order valence-electron chi connectivity index (χ0n) is 17.8. The van der Waals surface area contributed by atoms with E-state index in [9.17, 15) is 32.9 Å². The summed E-state index contributed by atoms with van der Waals surface area (Å²) in [5.41, 5.74) is -0.951. The van der Waals surface area contributed by atoms with Crippen LogP contribution in [0.15, 0.2) is 78.9 Å². The number of para-hydroxylation sites is 2. The molecule has 0 aliphatic carbocycles. The van der Waals surface area contributed by atoms with Crippen molar-refractivity contribution >= 4 is 28.9 Å². The van der Waals surface area contributed by atoms with Crippen LogP contribution in [-0.4, -0.2) is 22.8 Å². The molecule has 5 rings (SSSR count). The van der Waals surface area contributed by atoms with Gasteiger partial charge in [-0.1, -0.05) is 36.4 Å². The Kier molecular flexibility index (Phi) is 5.28. The van der Waals surface area contributed by atoms with Crippen LogP contribution in [0, 0.1) is 16.0 Å². The molecule has 0 spiro atoms. The number of amides is 2. The molecule has 0 bridgehead atoms. The standard InChI is InChI=1S/C24H16F3N3O5/c25-24(26,27)14-7-6-10-16(13-14)28-22(31)19-20(17-11-4-5-12-18(17)30(33)34)29(35-21(19)23(28)32)15-8-2-1-3-9-15/h1-13,19-21H/t19-,20+,21+/m0/s1. The second kappa shape index (κ2) is 8.20. The summed E-state index contributed by atoms with van der Waals surface area (Å²) in [5, 5.41) is 13.0. The molecule has 2 fully saturated rings. The number of benzene rings is 3. The highest BCUT2D eigenvalue weighted by atomic mass is 19.4. The molecule has 2 heterocycles. The number of nitro groups is 1. The molecule has 178 valence electrons. The minimum atomic E-state index is -4.68. The average molecular weight is 483 g/mol. The van der Waals surface area contributed by atoms with Gasteiger partial charge in [0.15, 0.2) is 6.10 Å². The van der Waals surface area contributed by atoms with E-state index < -0.39 is 46.5 Å². The van der Waals surface area contributed by atoms with E-state index in [0.717, 1.165) is 12.1 Å². The molecular formula is C24H16F3N3O5. The summed E-state index contributed by atoms with van der Waals surface area (Å²) >= 11 is 0. The fraction of sp³-hybridized carbons (Fsp3) is 0.167. The molecule has 2 aliphatic heterocycles. The predicted octanol–water partition coefficient (Wildman–Crippen LogP) is 4.66. The Morgan fingerprint density at radius 1 is 0.857 bits per heavy atom. The summed E-state index contributed by atoms with van der Waals surface area (Å²) in [4.78, 5) is 44.5. The Balaban J connectivity index is 1.62. The average Bonchev–Trinajstić information content (AvgIpc) is 3.35. The molecule has 11 heteroatoms. The van der Waals surface area contributed by atoms with Crippen molar-refractivity contribution in [2.45, 2.75) is 18.3 Å². The Hall–Kier alpha value is -4.25. The van der Waals surface area contributed by atoms with E-state index in [-0.39, 0.29) is 16.9 Å². The van der Waals surface area contributed by atoms with Crippen molar-refractivity contribution in [3.63, 3.8) is 0 Å². The predicted molar refractivity (Wildman–Crippen MR) is 117 cm³/mol. The SMILES string of the molecule is O=C1[C@H]2[C@@H](c3ccccc3[N+](=O)[O-])N(c3ccccc3)O[C@H]2C(=O)N1c1cccc(C(F)(F)F)c1. The largest absolute Gasteiger partial charge is 0.416 e. The van der Waals surface area contributed by atoms with Crippen LogP contribution in [0.3, 0.4) is 0 Å². The number of fused-ring (bicyclic) bond motifs is 1. The lowest BCUT2D eigenvalue weighted by molar-refractivity contribution is -0.385. The number of rotatable bonds is 4. The number of alkyl halides is 3. The summed E-state index contributed by atoms with van der Waals surface area (Å²) in [6.07, 6.45) is -6.05. The molecule has 3 aromatic carbocycles. The number of hydrogen-bond acceptors (Lipinski definition) is 6. The lowest BCUT2D eigenvalue weighted by Crippen LogP contribution is -2.37. The summed E-state index contributed by atoms with van der Waals surface area (Å²) in [5.74, 6) is -2.87. The molecule has 3 aromatic rings. The fourth-order valence-corrected chi connectivity index (χ4v) is 4.51. The third kappa shape index (κ3) is 3.69. The maximum absolute atomic E-state index is 13.5. The van der Waals surface area contributed by atoms with Crippen LogP contribution in [0.5, 0.6) is 0 Å². The van der Waals surface area contributed by atoms with Gasteiger partial charge in [-0.25, -0.2) is 9.96 Å². The molecule has 2 aliphatic rings. The molecule has 0 unspecified atom stereocenters. The molecule has 0 radical (unpaired) electrons. The third-order valence-electron chi connectivity index (χ3n) is 6.01. The summed E-state index contributed by atoms with van der Waals surface area (Å²) < 4.78 is 39.7. The van der Waals surface area contributed by atoms with Gasteiger partial charge in [0.05, 0.1) is 27.4 Å². The third-order valence-corrected chi connectivity index (χ3v) is 6.01. The number of imide groups is 1. The highest BCUT2D eigenvalue weighted by molar-refractivity contribution is 6.24. The summed E-state index contributed by atoms with van der Waals surface area (Å²) in [7, 11) is 0. The van der Waals surface area contributed by atoms with Gasteiger partial charge in [0.1, 0.15) is 12.0 Å². The molecule has 8 nitrogen and oxygen atoms in total. The van der Waals surface area contributed by atoms with Crippen molar-refractivity contribution in [2.24, 2.45) is 5.92 Å². The lowest BCUT2D eigenvalue weighted by atomic mass is 9.89. The van der Waals surface area contributed by atoms with Crippen LogP contribution in [0.2, 0.25) is 0 Å². The maximum Gasteiger partial charge on any atom is 0.416 e. The Labute approximate surface area is 196 Å². The highest BCUT2D eigenvalue weighted by Gasteiger charge is 2.61. The van der Waals surface area contributed by atoms with E-state index in [4.69, 9.17) is 4.84 Å². The van der Waals surface area contributed by atoms with Gasteiger partial charge < -0.3 is 0 Å². The Bertz CT molecular complexity index is 1330. The first-order valence-corrected chi connectivity index (χ1v) is 10.5. The van der Waals surface area contributed by atoms with Gasteiger partial charge in [0.2, 0.25) is 5.91 Å². The molecule has 35 heavy (non-hydrogen) atoms. The van der Waals surface area contributed by atoms with E-state index in [1.54, 1.807) is 36.4 Å². The van der Waals surface area contributed by atoms with Crippen molar-refractivity contribution in [3.8, 4) is 0 Å². The number of nitrogens with zero attached hydrogens (tertiary/aromatic N) is 3. The van der Waals surface area contributed by atoms with Crippen molar-refractivity contribution in [1.29, 1.82) is 0 Å². The Morgan fingerprint density at radius 3 is 2.20 bits per heavy atom. The van der Waals surface area contributed by atoms with Crippen LogP contribution in [0.4, 0.5) is 30.2 Å². The van der Waals surface area contributed by atoms with Crippen molar-refractivity contribution < 1.29 is 32.5 Å². The smallest absolute Gasteiger partial charge is 0.273 e. The number of nitro benzene ring substituents is 1. The van der Waals surface area contributed by atoms with E-state index in [0.29, 0.717) is 16.7 Å². The highest BCUT2D eigenvalue weighted by Crippen LogP contribution is 2.49. The van der Waals surface area contributed by atoms with E-state index in [1.807, 2.05) is 0 Å². The normalized spacial score (nSPS) is 22.0. The number of hydroxylamine groups is 1. The molecule has 3 atom stereocenters. The number of hydrogen-bond donors (Lipinski definition) is 0. The van der Waals surface area contributed by atoms with E-state index >= 15 is 0 Å². The molecule has 2 amide bonds. The van der Waals surface area contributed by atoms with Crippen LogP contribution >= 0.6 is 0 Å². The minimum Gasteiger partial charge on any atom is -0.273 e. The number of halogens is 3. The van der Waals surface area contributed by atoms with Gasteiger partial charge in [-0.2, -0.15) is 13.2 Å². The van der Waals surface area contributed by atoms with Crippen LogP contribution in [-0.2, 0) is 20.6 Å². The van der Waals surface area contributed by atoms with E-state index in [1.165, 1.54) is 29.3 Å². The molecular weight excluding hydrogens is 467 g/mol. The van der Waals surface area contributed by atoms with Crippen molar-refractivity contribution in [2.75, 3.05) is 9.96 Å². The Morgan fingerprint density at radius 2 is 1.51 bits per heavy atom. The second-order valence-corrected chi connectivity index (χ2v) is 8.03. The number of anilines is 2. The van der Waals surface area contributed by atoms with Gasteiger partial charge in [0.25, 0.3) is 11.6 Å². The van der Waals surface area contributed by atoms with Crippen LogP contribution in [0.1, 0.15) is 17.2 Å². The van der Waals surface area contributed by atoms with Gasteiger partial charge in [-0.15, -0.1) is 0 Å². The van der Waals surface area contributed by atoms with Crippen LogP contribution < -0.4 is 9.96 Å². The maximum atomic E-state index is 13.5. The van der Waals surface area contributed by atoms with Crippen LogP contribution in [0.25, 0.3) is 0 Å². The summed E-state index contributed by atoms with van der Waals surface area (Å²) in [6, 6.07) is 17.0. The lowest BCUT2D eigenvalue weighted by Gasteiger charge is -2.28. The first-order chi connectivity index (χ1) is 16.7. The molecule has 2 saturated heterocycles. The van der Waals surface area contributed by atoms with Crippen molar-refractivity contribution in [3.05, 3.63) is 100 Å². The molecule has 0 N–H and O–H groups in total. The topological polar surface area (TPSA) is 93.0 Å². The number of carbonyl (C=O) groups is 2. The first-order valence-electron chi connectivity index (χ1n) is 10.5. The zero-order valence-corrected chi connectivity index (χ0v) is 17.8. The first kappa shape index (κ1) is 22.5. The summed E-state index contributed by atoms with van der Waals surface area (Å²) in [6.45, 7) is 0. The van der Waals surface area contributed by atoms with Gasteiger partial charge in [-0.3, -0.25) is 24.5 Å².